The molecule has 0 aliphatic heterocycles. The molecule has 5 nitrogen and oxygen atoms in total. The smallest absolute Gasteiger partial charge is 0.255 e. The van der Waals surface area contributed by atoms with Crippen LogP contribution in [0.5, 0.6) is 0 Å². The van der Waals surface area contributed by atoms with Crippen molar-refractivity contribution in [1.82, 2.24) is 10.1 Å². The molecule has 1 aromatic heterocycles. The number of amides is 1. The van der Waals surface area contributed by atoms with Gasteiger partial charge in [0.2, 0.25) is 5.91 Å². The molecule has 1 N–H and O–H groups in total. The summed E-state index contributed by atoms with van der Waals surface area (Å²) in [5.74, 6) is 0.907. The number of alkyl halides is 2. The standard InChI is InChI=1S/C12H18F2N2O3S/c1-8-10(9(2)19-15-8)6-20-7-12(18)16(3-4-17)5-11(13)14/h11,17H,3-7H2,1-2H3. The molecule has 1 amide bonds. The number of carbonyl (C=O) groups is 1. The molecule has 0 saturated heterocycles. The number of aromatic nitrogens is 1. The summed E-state index contributed by atoms with van der Waals surface area (Å²) >= 11 is 1.31. The Kier molecular flexibility index (Phi) is 6.94. The molecule has 20 heavy (non-hydrogen) atoms. The molecule has 0 aliphatic rings. The van der Waals surface area contributed by atoms with Crippen LogP contribution in [0.3, 0.4) is 0 Å². The number of aryl methyl sites for hydroxylation is 2. The van der Waals surface area contributed by atoms with Gasteiger partial charge in [-0.2, -0.15) is 0 Å². The first-order valence-electron chi connectivity index (χ1n) is 6.12. The first-order valence-corrected chi connectivity index (χ1v) is 7.27. The molecule has 0 atom stereocenters. The van der Waals surface area contributed by atoms with Gasteiger partial charge in [0.05, 0.1) is 24.6 Å². The number of aliphatic hydroxyl groups is 1. The Morgan fingerprint density at radius 2 is 2.20 bits per heavy atom. The fourth-order valence-corrected chi connectivity index (χ4v) is 2.72. The number of hydrogen-bond donors (Lipinski definition) is 1. The van der Waals surface area contributed by atoms with Crippen molar-refractivity contribution in [3.05, 3.63) is 17.0 Å². The maximum Gasteiger partial charge on any atom is 0.255 e. The summed E-state index contributed by atoms with van der Waals surface area (Å²) in [6.07, 6.45) is -2.60. The molecular weight excluding hydrogens is 290 g/mol. The van der Waals surface area contributed by atoms with Crippen molar-refractivity contribution in [1.29, 1.82) is 0 Å². The minimum atomic E-state index is -2.60. The average molecular weight is 308 g/mol. The normalized spacial score (nSPS) is 11.1. The predicted molar refractivity (Wildman–Crippen MR) is 71.8 cm³/mol. The van der Waals surface area contributed by atoms with E-state index in [0.29, 0.717) is 11.5 Å². The van der Waals surface area contributed by atoms with Gasteiger partial charge in [0.25, 0.3) is 6.43 Å². The first-order chi connectivity index (χ1) is 9.45. The third-order valence-electron chi connectivity index (χ3n) is 2.73. The number of aliphatic hydroxyl groups excluding tert-OH is 1. The molecule has 0 unspecified atom stereocenters. The molecule has 1 rings (SSSR count). The van der Waals surface area contributed by atoms with Gasteiger partial charge in [0.1, 0.15) is 5.76 Å². The van der Waals surface area contributed by atoms with Gasteiger partial charge in [-0.05, 0) is 13.8 Å². The van der Waals surface area contributed by atoms with Gasteiger partial charge < -0.3 is 14.5 Å². The largest absolute Gasteiger partial charge is 0.395 e. The molecule has 1 heterocycles. The van der Waals surface area contributed by atoms with E-state index in [1.54, 1.807) is 6.92 Å². The minimum Gasteiger partial charge on any atom is -0.395 e. The third-order valence-corrected chi connectivity index (χ3v) is 3.68. The Labute approximate surface area is 120 Å². The Hall–Kier alpha value is -1.15. The summed E-state index contributed by atoms with van der Waals surface area (Å²) < 4.78 is 29.6. The topological polar surface area (TPSA) is 66.6 Å². The van der Waals surface area contributed by atoms with Gasteiger partial charge in [-0.3, -0.25) is 4.79 Å². The zero-order valence-electron chi connectivity index (χ0n) is 11.4. The van der Waals surface area contributed by atoms with Crippen LogP contribution < -0.4 is 0 Å². The Morgan fingerprint density at radius 3 is 2.70 bits per heavy atom. The van der Waals surface area contributed by atoms with Gasteiger partial charge in [0.15, 0.2) is 0 Å². The van der Waals surface area contributed by atoms with E-state index in [0.717, 1.165) is 16.2 Å². The lowest BCUT2D eigenvalue weighted by Gasteiger charge is -2.21. The van der Waals surface area contributed by atoms with Crippen LogP contribution in [-0.2, 0) is 10.5 Å². The molecular formula is C12H18F2N2O3S. The minimum absolute atomic E-state index is 0.0744. The van der Waals surface area contributed by atoms with Crippen LogP contribution >= 0.6 is 11.8 Å². The van der Waals surface area contributed by atoms with Gasteiger partial charge in [-0.25, -0.2) is 8.78 Å². The second-order valence-electron chi connectivity index (χ2n) is 4.25. The van der Waals surface area contributed by atoms with Crippen LogP contribution in [0.4, 0.5) is 8.78 Å². The molecule has 0 saturated carbocycles. The van der Waals surface area contributed by atoms with Crippen LogP contribution in [0.1, 0.15) is 17.0 Å². The molecule has 114 valence electrons. The van der Waals surface area contributed by atoms with Crippen molar-refractivity contribution >= 4 is 17.7 Å². The highest BCUT2D eigenvalue weighted by atomic mass is 32.2. The van der Waals surface area contributed by atoms with Crippen molar-refractivity contribution in [2.45, 2.75) is 26.0 Å². The van der Waals surface area contributed by atoms with E-state index in [9.17, 15) is 13.6 Å². The summed E-state index contributed by atoms with van der Waals surface area (Å²) in [5.41, 5.74) is 1.69. The second-order valence-corrected chi connectivity index (χ2v) is 5.24. The van der Waals surface area contributed by atoms with Crippen molar-refractivity contribution in [2.24, 2.45) is 0 Å². The summed E-state index contributed by atoms with van der Waals surface area (Å²) in [7, 11) is 0. The molecule has 8 heteroatoms. The van der Waals surface area contributed by atoms with Crippen LogP contribution in [0.2, 0.25) is 0 Å². The molecule has 0 aliphatic carbocycles. The SMILES string of the molecule is Cc1noc(C)c1CSCC(=O)N(CCO)CC(F)F. The Balaban J connectivity index is 2.45. The van der Waals surface area contributed by atoms with Crippen molar-refractivity contribution < 1.29 is 23.2 Å². The Bertz CT molecular complexity index is 421. The van der Waals surface area contributed by atoms with Gasteiger partial charge >= 0.3 is 0 Å². The van der Waals surface area contributed by atoms with E-state index in [2.05, 4.69) is 5.16 Å². The lowest BCUT2D eigenvalue weighted by Crippen LogP contribution is -2.38. The number of nitrogens with zero attached hydrogens (tertiary/aromatic N) is 2. The summed E-state index contributed by atoms with van der Waals surface area (Å²) in [4.78, 5) is 12.8. The third kappa shape index (κ3) is 5.09. The fraction of sp³-hybridized carbons (Fsp3) is 0.667. The summed E-state index contributed by atoms with van der Waals surface area (Å²) in [6, 6.07) is 0. The van der Waals surface area contributed by atoms with Crippen molar-refractivity contribution in [3.8, 4) is 0 Å². The van der Waals surface area contributed by atoms with Gasteiger partial charge in [0, 0.05) is 17.9 Å². The molecule has 1 aromatic rings. The molecule has 0 radical (unpaired) electrons. The maximum atomic E-state index is 12.3. The zero-order valence-corrected chi connectivity index (χ0v) is 12.3. The first kappa shape index (κ1) is 16.9. The fourth-order valence-electron chi connectivity index (χ4n) is 1.64. The highest BCUT2D eigenvalue weighted by Crippen LogP contribution is 2.19. The van der Waals surface area contributed by atoms with Crippen LogP contribution in [0, 0.1) is 13.8 Å². The second kappa shape index (κ2) is 8.21. The van der Waals surface area contributed by atoms with Crippen LogP contribution in [0.15, 0.2) is 4.52 Å². The van der Waals surface area contributed by atoms with E-state index < -0.39 is 18.9 Å². The molecule has 0 aromatic carbocycles. The maximum absolute atomic E-state index is 12.3. The monoisotopic (exact) mass is 308 g/mol. The van der Waals surface area contributed by atoms with Crippen molar-refractivity contribution in [3.63, 3.8) is 0 Å². The Morgan fingerprint density at radius 1 is 1.50 bits per heavy atom. The molecule has 0 bridgehead atoms. The van der Waals surface area contributed by atoms with Gasteiger partial charge in [-0.1, -0.05) is 5.16 Å². The van der Waals surface area contributed by atoms with Crippen molar-refractivity contribution in [2.75, 3.05) is 25.4 Å². The summed E-state index contributed by atoms with van der Waals surface area (Å²) in [5, 5.41) is 12.6. The van der Waals surface area contributed by atoms with Gasteiger partial charge in [-0.15, -0.1) is 11.8 Å². The molecule has 0 spiro atoms. The number of halogens is 2. The van der Waals surface area contributed by atoms with E-state index in [4.69, 9.17) is 9.63 Å². The van der Waals surface area contributed by atoms with E-state index in [-0.39, 0.29) is 18.9 Å². The van der Waals surface area contributed by atoms with E-state index in [1.807, 2.05) is 6.92 Å². The quantitative estimate of drug-likeness (QED) is 0.790. The lowest BCUT2D eigenvalue weighted by molar-refractivity contribution is -0.130. The zero-order chi connectivity index (χ0) is 15.1. The molecule has 0 fully saturated rings. The van der Waals surface area contributed by atoms with Crippen LogP contribution in [-0.4, -0.2) is 52.9 Å². The van der Waals surface area contributed by atoms with E-state index in [1.165, 1.54) is 11.8 Å². The number of thioether (sulfide) groups is 1. The summed E-state index contributed by atoms with van der Waals surface area (Å²) in [6.45, 7) is 2.54. The predicted octanol–water partition coefficient (Wildman–Crippen LogP) is 1.61. The average Bonchev–Trinajstić information content (AvgIpc) is 2.69. The number of rotatable bonds is 8. The lowest BCUT2D eigenvalue weighted by atomic mass is 10.2. The van der Waals surface area contributed by atoms with E-state index >= 15 is 0 Å². The van der Waals surface area contributed by atoms with Crippen LogP contribution in [0.25, 0.3) is 0 Å². The number of carbonyl (C=O) groups excluding carboxylic acids is 1. The highest BCUT2D eigenvalue weighted by molar-refractivity contribution is 7.99. The highest BCUT2D eigenvalue weighted by Gasteiger charge is 2.18. The number of hydrogen-bond acceptors (Lipinski definition) is 5.